The number of aliphatic hydroxyl groups excluding tert-OH is 1. The van der Waals surface area contributed by atoms with Gasteiger partial charge in [-0.05, 0) is 18.6 Å². The lowest BCUT2D eigenvalue weighted by Gasteiger charge is -2.28. The van der Waals surface area contributed by atoms with Crippen LogP contribution in [0.1, 0.15) is 12.8 Å². The number of hydrogen-bond acceptors (Lipinski definition) is 4. The number of hydrogen-bond donors (Lipinski definition) is 1. The predicted molar refractivity (Wildman–Crippen MR) is 54.4 cm³/mol. The van der Waals surface area contributed by atoms with E-state index >= 15 is 0 Å². The van der Waals surface area contributed by atoms with E-state index in [-0.39, 0.29) is 18.8 Å². The van der Waals surface area contributed by atoms with Gasteiger partial charge in [-0.2, -0.15) is 11.8 Å². The monoisotopic (exact) mass is 217 g/mol. The molecule has 1 unspecified atom stereocenters. The van der Waals surface area contributed by atoms with Crippen molar-refractivity contribution < 1.29 is 14.6 Å². The maximum atomic E-state index is 11.4. The van der Waals surface area contributed by atoms with Crippen LogP contribution in [-0.2, 0) is 4.74 Å². The molecule has 0 aromatic heterocycles. The zero-order valence-electron chi connectivity index (χ0n) is 8.02. The first-order valence-electron chi connectivity index (χ1n) is 4.97. The molecular weight excluding hydrogens is 202 g/mol. The Kier molecular flexibility index (Phi) is 3.18. The molecule has 2 aliphatic rings. The molecule has 4 nitrogen and oxygen atoms in total. The minimum atomic E-state index is -0.311. The number of nitrogens with zero attached hydrogens (tertiary/aromatic N) is 1. The standard InChI is InChI=1S/C9H15NO3S/c11-5-8-4-10(9(12)13-8)7-2-1-3-14-6-7/h7-8,11H,1-6H2/t7?,8-/m1/s1. The molecule has 0 radical (unpaired) electrons. The highest BCUT2D eigenvalue weighted by Gasteiger charge is 2.36. The molecule has 5 heteroatoms. The largest absolute Gasteiger partial charge is 0.442 e. The van der Waals surface area contributed by atoms with Crippen LogP contribution in [-0.4, -0.2) is 52.9 Å². The second-order valence-electron chi connectivity index (χ2n) is 3.71. The van der Waals surface area contributed by atoms with Gasteiger partial charge in [-0.3, -0.25) is 0 Å². The van der Waals surface area contributed by atoms with Crippen LogP contribution in [0, 0.1) is 0 Å². The molecule has 80 valence electrons. The Hall–Kier alpha value is -0.420. The molecule has 2 aliphatic heterocycles. The molecule has 0 aromatic carbocycles. The van der Waals surface area contributed by atoms with Crippen LogP contribution in [0.15, 0.2) is 0 Å². The van der Waals surface area contributed by atoms with E-state index < -0.39 is 0 Å². The second-order valence-corrected chi connectivity index (χ2v) is 4.86. The van der Waals surface area contributed by atoms with E-state index in [1.54, 1.807) is 4.90 Å². The van der Waals surface area contributed by atoms with E-state index in [1.807, 2.05) is 11.8 Å². The fourth-order valence-electron chi connectivity index (χ4n) is 1.90. The smallest absolute Gasteiger partial charge is 0.410 e. The van der Waals surface area contributed by atoms with Gasteiger partial charge in [0.1, 0.15) is 6.10 Å². The second kappa shape index (κ2) is 4.40. The number of carbonyl (C=O) groups is 1. The summed E-state index contributed by atoms with van der Waals surface area (Å²) in [5.41, 5.74) is 0. The predicted octanol–water partition coefficient (Wildman–Crippen LogP) is 0.695. The Labute approximate surface area is 87.6 Å². The summed E-state index contributed by atoms with van der Waals surface area (Å²) < 4.78 is 5.00. The Morgan fingerprint density at radius 1 is 1.64 bits per heavy atom. The van der Waals surface area contributed by atoms with Gasteiger partial charge in [-0.15, -0.1) is 0 Å². The third-order valence-electron chi connectivity index (χ3n) is 2.68. The van der Waals surface area contributed by atoms with E-state index in [2.05, 4.69) is 0 Å². The Bertz CT molecular complexity index is 218. The van der Waals surface area contributed by atoms with Gasteiger partial charge in [0.25, 0.3) is 0 Å². The maximum absolute atomic E-state index is 11.4. The number of aliphatic hydroxyl groups is 1. The number of ether oxygens (including phenoxy) is 1. The lowest BCUT2D eigenvalue weighted by atomic mass is 10.1. The summed E-state index contributed by atoms with van der Waals surface area (Å²) in [6, 6.07) is 0.317. The van der Waals surface area contributed by atoms with Crippen molar-refractivity contribution in [3.63, 3.8) is 0 Å². The molecule has 0 spiro atoms. The van der Waals surface area contributed by atoms with Gasteiger partial charge in [0, 0.05) is 11.8 Å². The van der Waals surface area contributed by atoms with Crippen LogP contribution < -0.4 is 0 Å². The van der Waals surface area contributed by atoms with E-state index in [0.29, 0.717) is 12.6 Å². The van der Waals surface area contributed by atoms with Crippen molar-refractivity contribution in [2.45, 2.75) is 25.0 Å². The summed E-state index contributed by atoms with van der Waals surface area (Å²) in [6.07, 6.45) is 1.68. The number of thioether (sulfide) groups is 1. The molecule has 1 amide bonds. The lowest BCUT2D eigenvalue weighted by molar-refractivity contribution is 0.0941. The van der Waals surface area contributed by atoms with Crippen molar-refractivity contribution in [1.82, 2.24) is 4.90 Å². The molecule has 0 aliphatic carbocycles. The van der Waals surface area contributed by atoms with Crippen LogP contribution in [0.4, 0.5) is 4.79 Å². The van der Waals surface area contributed by atoms with Crippen LogP contribution in [0.5, 0.6) is 0 Å². The summed E-state index contributed by atoms with van der Waals surface area (Å²) in [6.45, 7) is 0.489. The summed E-state index contributed by atoms with van der Waals surface area (Å²) >= 11 is 1.89. The zero-order valence-corrected chi connectivity index (χ0v) is 8.83. The van der Waals surface area contributed by atoms with Crippen LogP contribution in [0.25, 0.3) is 0 Å². The highest BCUT2D eigenvalue weighted by molar-refractivity contribution is 7.99. The van der Waals surface area contributed by atoms with Gasteiger partial charge < -0.3 is 14.7 Å². The molecule has 14 heavy (non-hydrogen) atoms. The van der Waals surface area contributed by atoms with Crippen LogP contribution >= 0.6 is 11.8 Å². The molecule has 2 heterocycles. The first-order valence-corrected chi connectivity index (χ1v) is 6.12. The van der Waals surface area contributed by atoms with Gasteiger partial charge in [0.05, 0.1) is 13.2 Å². The number of carbonyl (C=O) groups excluding carboxylic acids is 1. The number of cyclic esters (lactones) is 1. The number of amides is 1. The summed E-state index contributed by atoms with van der Waals surface area (Å²) in [7, 11) is 0. The van der Waals surface area contributed by atoms with E-state index in [1.165, 1.54) is 12.2 Å². The Morgan fingerprint density at radius 3 is 3.07 bits per heavy atom. The molecule has 1 N–H and O–H groups in total. The highest BCUT2D eigenvalue weighted by atomic mass is 32.2. The Balaban J connectivity index is 1.93. The van der Waals surface area contributed by atoms with Gasteiger partial charge in [-0.1, -0.05) is 0 Å². The normalized spacial score (nSPS) is 33.2. The average Bonchev–Trinajstić information content (AvgIpc) is 2.61. The van der Waals surface area contributed by atoms with Crippen LogP contribution in [0.3, 0.4) is 0 Å². The third-order valence-corrected chi connectivity index (χ3v) is 3.88. The fraction of sp³-hybridized carbons (Fsp3) is 0.889. The van der Waals surface area contributed by atoms with E-state index in [4.69, 9.17) is 9.84 Å². The average molecular weight is 217 g/mol. The first-order chi connectivity index (χ1) is 6.81. The topological polar surface area (TPSA) is 49.8 Å². The van der Waals surface area contributed by atoms with Gasteiger partial charge in [0.15, 0.2) is 0 Å². The van der Waals surface area contributed by atoms with Gasteiger partial charge in [-0.25, -0.2) is 4.79 Å². The van der Waals surface area contributed by atoms with Gasteiger partial charge >= 0.3 is 6.09 Å². The minimum Gasteiger partial charge on any atom is -0.442 e. The van der Waals surface area contributed by atoms with Crippen molar-refractivity contribution >= 4 is 17.9 Å². The molecule has 2 rings (SSSR count). The molecule has 0 saturated carbocycles. The quantitative estimate of drug-likeness (QED) is 0.739. The van der Waals surface area contributed by atoms with Crippen molar-refractivity contribution in [2.24, 2.45) is 0 Å². The number of rotatable bonds is 2. The Morgan fingerprint density at radius 2 is 2.50 bits per heavy atom. The molecule has 0 aromatic rings. The van der Waals surface area contributed by atoms with Crippen molar-refractivity contribution in [2.75, 3.05) is 24.7 Å². The fourth-order valence-corrected chi connectivity index (χ4v) is 3.06. The molecule has 0 bridgehead atoms. The van der Waals surface area contributed by atoms with Crippen molar-refractivity contribution in [1.29, 1.82) is 0 Å². The summed E-state index contributed by atoms with van der Waals surface area (Å²) in [5.74, 6) is 2.20. The molecule has 2 fully saturated rings. The molecule has 2 atom stereocenters. The maximum Gasteiger partial charge on any atom is 0.410 e. The molecular formula is C9H15NO3S. The van der Waals surface area contributed by atoms with Crippen molar-refractivity contribution in [3.05, 3.63) is 0 Å². The molecule has 2 saturated heterocycles. The minimum absolute atomic E-state index is 0.0674. The zero-order chi connectivity index (χ0) is 9.97. The summed E-state index contributed by atoms with van der Waals surface area (Å²) in [4.78, 5) is 13.2. The van der Waals surface area contributed by atoms with E-state index in [9.17, 15) is 4.79 Å². The first kappa shape index (κ1) is 10.1. The van der Waals surface area contributed by atoms with Gasteiger partial charge in [0.2, 0.25) is 0 Å². The lowest BCUT2D eigenvalue weighted by Crippen LogP contribution is -2.40. The summed E-state index contributed by atoms with van der Waals surface area (Å²) in [5, 5.41) is 8.89. The SMILES string of the molecule is O=C1O[C@@H](CO)CN1C1CCCSC1. The third kappa shape index (κ3) is 1.98. The van der Waals surface area contributed by atoms with Crippen molar-refractivity contribution in [3.8, 4) is 0 Å². The van der Waals surface area contributed by atoms with E-state index in [0.717, 1.165) is 12.2 Å². The highest BCUT2D eigenvalue weighted by Crippen LogP contribution is 2.25. The van der Waals surface area contributed by atoms with Crippen LogP contribution in [0.2, 0.25) is 0 Å².